The maximum Gasteiger partial charge on any atom is 0.141 e. The summed E-state index contributed by atoms with van der Waals surface area (Å²) in [5.41, 5.74) is 7.04. The van der Waals surface area contributed by atoms with E-state index < -0.39 is 6.04 Å². The van der Waals surface area contributed by atoms with Gasteiger partial charge in [-0.3, -0.25) is 4.98 Å². The van der Waals surface area contributed by atoms with Crippen molar-refractivity contribution in [3.63, 3.8) is 0 Å². The topological polar surface area (TPSA) is 103 Å². The number of nitrogens with two attached hydrogens (primary N) is 1. The molecule has 0 unspecified atom stereocenters. The van der Waals surface area contributed by atoms with Crippen molar-refractivity contribution >= 4 is 0 Å². The summed E-state index contributed by atoms with van der Waals surface area (Å²) in [6.45, 7) is 1.38. The van der Waals surface area contributed by atoms with Gasteiger partial charge >= 0.3 is 0 Å². The maximum atomic E-state index is 9.74. The van der Waals surface area contributed by atoms with Crippen LogP contribution < -0.4 is 5.73 Å². The van der Waals surface area contributed by atoms with Gasteiger partial charge in [-0.05, 0) is 6.92 Å². The zero-order valence-corrected chi connectivity index (χ0v) is 8.44. The van der Waals surface area contributed by atoms with Crippen molar-refractivity contribution in [3.8, 4) is 11.8 Å². The Balaban J connectivity index is 3.24. The predicted molar refractivity (Wildman–Crippen MR) is 53.7 cm³/mol. The Morgan fingerprint density at radius 1 is 1.67 bits per heavy atom. The molecule has 0 fully saturated rings. The SMILES string of the molecule is Cc1ncc(CO)c([C@H](N)CC#N)c1O. The van der Waals surface area contributed by atoms with E-state index in [1.54, 1.807) is 6.92 Å². The van der Waals surface area contributed by atoms with Gasteiger partial charge in [0.1, 0.15) is 5.75 Å². The minimum Gasteiger partial charge on any atom is -0.506 e. The molecule has 1 atom stereocenters. The molecular formula is C10H13N3O2. The molecule has 4 N–H and O–H groups in total. The molecule has 1 aromatic rings. The Labute approximate surface area is 87.8 Å². The number of aliphatic hydroxyl groups excluding tert-OH is 1. The van der Waals surface area contributed by atoms with Gasteiger partial charge in [0.05, 0.1) is 24.8 Å². The van der Waals surface area contributed by atoms with Gasteiger partial charge < -0.3 is 15.9 Å². The molecule has 1 heterocycles. The van der Waals surface area contributed by atoms with Crippen LogP contribution in [0, 0.1) is 18.3 Å². The second-order valence-corrected chi connectivity index (χ2v) is 3.26. The monoisotopic (exact) mass is 207 g/mol. The minimum atomic E-state index is -0.598. The van der Waals surface area contributed by atoms with Crippen LogP contribution in [0.25, 0.3) is 0 Å². The standard InChI is InChI=1S/C10H13N3O2/c1-6-10(15)9(8(12)2-3-11)7(5-14)4-13-6/h4,8,14-15H,2,5,12H2,1H3/t8-/m1/s1. The molecule has 5 heteroatoms. The second kappa shape index (κ2) is 4.73. The van der Waals surface area contributed by atoms with Crippen LogP contribution in [0.2, 0.25) is 0 Å². The maximum absolute atomic E-state index is 9.74. The molecule has 5 nitrogen and oxygen atoms in total. The molecule has 0 spiro atoms. The number of rotatable bonds is 3. The van der Waals surface area contributed by atoms with E-state index >= 15 is 0 Å². The van der Waals surface area contributed by atoms with E-state index in [0.29, 0.717) is 16.8 Å². The van der Waals surface area contributed by atoms with Crippen LogP contribution in [0.3, 0.4) is 0 Å². The summed E-state index contributed by atoms with van der Waals surface area (Å²) in [7, 11) is 0. The molecule has 80 valence electrons. The first kappa shape index (κ1) is 11.4. The van der Waals surface area contributed by atoms with E-state index in [1.165, 1.54) is 6.20 Å². The Hall–Kier alpha value is -1.64. The molecule has 0 saturated carbocycles. The fourth-order valence-electron chi connectivity index (χ4n) is 1.39. The lowest BCUT2D eigenvalue weighted by Crippen LogP contribution is -2.13. The molecule has 0 bridgehead atoms. The predicted octanol–water partition coefficient (Wildman–Crippen LogP) is 0.501. The van der Waals surface area contributed by atoms with Crippen molar-refractivity contribution in [2.75, 3.05) is 0 Å². The Morgan fingerprint density at radius 2 is 2.33 bits per heavy atom. The third-order valence-corrected chi connectivity index (χ3v) is 2.21. The van der Waals surface area contributed by atoms with Gasteiger partial charge in [-0.1, -0.05) is 0 Å². The van der Waals surface area contributed by atoms with Crippen molar-refractivity contribution in [3.05, 3.63) is 23.0 Å². The molecular weight excluding hydrogens is 194 g/mol. The Bertz CT molecular complexity index is 398. The highest BCUT2D eigenvalue weighted by molar-refractivity contribution is 5.43. The third kappa shape index (κ3) is 2.24. The summed E-state index contributed by atoms with van der Waals surface area (Å²) in [4.78, 5) is 3.90. The highest BCUT2D eigenvalue weighted by Crippen LogP contribution is 2.29. The van der Waals surface area contributed by atoms with Gasteiger partial charge in [0.2, 0.25) is 0 Å². The number of hydrogen-bond donors (Lipinski definition) is 3. The molecule has 0 aromatic carbocycles. The summed E-state index contributed by atoms with van der Waals surface area (Å²) >= 11 is 0. The van der Waals surface area contributed by atoms with Gasteiger partial charge in [-0.15, -0.1) is 0 Å². The molecule has 1 rings (SSSR count). The van der Waals surface area contributed by atoms with Crippen LogP contribution in [-0.4, -0.2) is 15.2 Å². The fourth-order valence-corrected chi connectivity index (χ4v) is 1.39. The average molecular weight is 207 g/mol. The normalized spacial score (nSPS) is 12.1. The zero-order chi connectivity index (χ0) is 11.4. The van der Waals surface area contributed by atoms with E-state index in [2.05, 4.69) is 4.98 Å². The van der Waals surface area contributed by atoms with Gasteiger partial charge in [0.15, 0.2) is 0 Å². The number of aromatic nitrogens is 1. The lowest BCUT2D eigenvalue weighted by atomic mass is 9.99. The molecule has 0 radical (unpaired) electrons. The van der Waals surface area contributed by atoms with Gasteiger partial charge in [-0.25, -0.2) is 0 Å². The van der Waals surface area contributed by atoms with Gasteiger partial charge in [0.25, 0.3) is 0 Å². The highest BCUT2D eigenvalue weighted by atomic mass is 16.3. The van der Waals surface area contributed by atoms with Crippen LogP contribution in [0.15, 0.2) is 6.20 Å². The van der Waals surface area contributed by atoms with Crippen LogP contribution in [0.5, 0.6) is 5.75 Å². The molecule has 0 amide bonds. The van der Waals surface area contributed by atoms with Crippen LogP contribution >= 0.6 is 0 Å². The fraction of sp³-hybridized carbons (Fsp3) is 0.400. The number of pyridine rings is 1. The average Bonchev–Trinajstić information content (AvgIpc) is 2.22. The second-order valence-electron chi connectivity index (χ2n) is 3.26. The summed E-state index contributed by atoms with van der Waals surface area (Å²) < 4.78 is 0. The molecule has 0 saturated heterocycles. The first-order valence-electron chi connectivity index (χ1n) is 4.52. The van der Waals surface area contributed by atoms with Crippen molar-refractivity contribution < 1.29 is 10.2 Å². The first-order valence-corrected chi connectivity index (χ1v) is 4.52. The quantitative estimate of drug-likeness (QED) is 0.669. The molecule has 0 aliphatic carbocycles. The Morgan fingerprint density at radius 3 is 2.87 bits per heavy atom. The summed E-state index contributed by atoms with van der Waals surface area (Å²) in [5.74, 6) is -0.0377. The van der Waals surface area contributed by atoms with Crippen LogP contribution in [0.1, 0.15) is 29.3 Å². The largest absolute Gasteiger partial charge is 0.506 e. The number of aryl methyl sites for hydroxylation is 1. The highest BCUT2D eigenvalue weighted by Gasteiger charge is 2.17. The van der Waals surface area contributed by atoms with Gasteiger partial charge in [-0.2, -0.15) is 5.26 Å². The van der Waals surface area contributed by atoms with Gasteiger partial charge in [0, 0.05) is 23.4 Å². The number of nitrogens with zero attached hydrogens (tertiary/aromatic N) is 2. The molecule has 0 aliphatic rings. The summed E-state index contributed by atoms with van der Waals surface area (Å²) in [6, 6.07) is 1.33. The summed E-state index contributed by atoms with van der Waals surface area (Å²) in [6.07, 6.45) is 1.55. The van der Waals surface area contributed by atoms with Crippen molar-refractivity contribution in [1.29, 1.82) is 5.26 Å². The lowest BCUT2D eigenvalue weighted by molar-refractivity contribution is 0.278. The van der Waals surface area contributed by atoms with E-state index in [0.717, 1.165) is 0 Å². The minimum absolute atomic E-state index is 0.0377. The van der Waals surface area contributed by atoms with E-state index in [4.69, 9.17) is 16.1 Å². The van der Waals surface area contributed by atoms with Crippen LogP contribution in [-0.2, 0) is 6.61 Å². The van der Waals surface area contributed by atoms with Crippen molar-refractivity contribution in [1.82, 2.24) is 4.98 Å². The Kier molecular flexibility index (Phi) is 3.61. The van der Waals surface area contributed by atoms with E-state index in [-0.39, 0.29) is 18.8 Å². The molecule has 15 heavy (non-hydrogen) atoms. The van der Waals surface area contributed by atoms with Crippen molar-refractivity contribution in [2.45, 2.75) is 26.0 Å². The van der Waals surface area contributed by atoms with E-state index in [9.17, 15) is 5.11 Å². The molecule has 1 aromatic heterocycles. The number of nitriles is 1. The zero-order valence-electron chi connectivity index (χ0n) is 8.44. The number of aliphatic hydroxyl groups is 1. The van der Waals surface area contributed by atoms with Crippen molar-refractivity contribution in [2.24, 2.45) is 5.73 Å². The number of hydrogen-bond acceptors (Lipinski definition) is 5. The smallest absolute Gasteiger partial charge is 0.141 e. The lowest BCUT2D eigenvalue weighted by Gasteiger charge is -2.15. The first-order chi connectivity index (χ1) is 7.11. The third-order valence-electron chi connectivity index (χ3n) is 2.21. The number of aromatic hydroxyl groups is 1. The summed E-state index contributed by atoms with van der Waals surface area (Å²) in [5, 5.41) is 27.3. The van der Waals surface area contributed by atoms with Crippen LogP contribution in [0.4, 0.5) is 0 Å². The molecule has 0 aliphatic heterocycles. The van der Waals surface area contributed by atoms with E-state index in [1.807, 2.05) is 6.07 Å².